The van der Waals surface area contributed by atoms with Gasteiger partial charge in [-0.3, -0.25) is 10.4 Å². The second kappa shape index (κ2) is 11.0. The number of methoxy groups -OCH3 is 1. The highest BCUT2D eigenvalue weighted by atomic mass is 35.5. The molecule has 0 radical (unpaired) electrons. The Balaban J connectivity index is 2.17. The zero-order valence-corrected chi connectivity index (χ0v) is 20.2. The molecule has 2 aromatic rings. The van der Waals surface area contributed by atoms with E-state index in [2.05, 4.69) is 15.3 Å². The maximum absolute atomic E-state index is 15.8. The Hall–Kier alpha value is -2.98. The van der Waals surface area contributed by atoms with E-state index in [1.165, 1.54) is 20.2 Å². The summed E-state index contributed by atoms with van der Waals surface area (Å²) in [5, 5.41) is 11.0. The number of hydrogen-bond acceptors (Lipinski definition) is 7. The molecule has 0 spiro atoms. The fourth-order valence-corrected chi connectivity index (χ4v) is 4.21. The van der Waals surface area contributed by atoms with Crippen molar-refractivity contribution in [3.8, 4) is 17.1 Å². The summed E-state index contributed by atoms with van der Waals surface area (Å²) < 4.78 is 40.9. The van der Waals surface area contributed by atoms with Crippen LogP contribution in [0.25, 0.3) is 11.3 Å². The maximum Gasteiger partial charge on any atom is 0.227 e. The number of amidine groups is 1. The molecule has 0 unspecified atom stereocenters. The van der Waals surface area contributed by atoms with E-state index < -0.39 is 11.8 Å². The van der Waals surface area contributed by atoms with Gasteiger partial charge in [0.15, 0.2) is 5.82 Å². The summed E-state index contributed by atoms with van der Waals surface area (Å²) in [4.78, 5) is 8.53. The van der Waals surface area contributed by atoms with Crippen LogP contribution in [0.5, 0.6) is 5.88 Å². The number of nitrogens with two attached hydrogens (primary N) is 2. The van der Waals surface area contributed by atoms with Gasteiger partial charge in [0, 0.05) is 43.1 Å². The fourth-order valence-electron chi connectivity index (χ4n) is 3.84. The van der Waals surface area contributed by atoms with Gasteiger partial charge in [-0.25, -0.2) is 9.37 Å². The fraction of sp³-hybridized carbons (Fsp3) is 0.435. The highest BCUT2D eigenvalue weighted by Gasteiger charge is 2.35. The standard InChI is InChI=1S/C23H29ClF2N6O2/c1-4-34-9-5-8-31-22(30-2)17-19(28)18(25)20(32-23(17)33-3)16-14(11-6-7-11)12(24)10-13(27)15(16)21(26)29/h10-11,29H,4-9,27H2,1-3H3,(H2,28,32)(H,30,31). The Morgan fingerprint density at radius 3 is 2.62 bits per heavy atom. The largest absolute Gasteiger partial charge is 0.480 e. The van der Waals surface area contributed by atoms with E-state index in [-0.39, 0.29) is 56.4 Å². The van der Waals surface area contributed by atoms with E-state index in [0.717, 1.165) is 12.8 Å². The van der Waals surface area contributed by atoms with Crippen LogP contribution >= 0.6 is 11.6 Å². The van der Waals surface area contributed by atoms with Gasteiger partial charge in [0.2, 0.25) is 11.8 Å². The molecule has 0 aliphatic heterocycles. The molecule has 3 rings (SSSR count). The van der Waals surface area contributed by atoms with Gasteiger partial charge in [-0.05, 0) is 43.7 Å². The highest BCUT2D eigenvalue weighted by Crippen LogP contribution is 2.51. The number of aromatic nitrogens is 1. The Labute approximate surface area is 202 Å². The number of benzene rings is 1. The zero-order valence-electron chi connectivity index (χ0n) is 19.4. The van der Waals surface area contributed by atoms with Crippen molar-refractivity contribution < 1.29 is 18.3 Å². The molecule has 1 heterocycles. The quantitative estimate of drug-likeness (QED) is 0.169. The average Bonchev–Trinajstić information content (AvgIpc) is 3.63. The molecule has 8 nitrogen and oxygen atoms in total. The van der Waals surface area contributed by atoms with Crippen molar-refractivity contribution in [2.75, 3.05) is 45.4 Å². The highest BCUT2D eigenvalue weighted by molar-refractivity contribution is 6.32. The van der Waals surface area contributed by atoms with Gasteiger partial charge in [0.25, 0.3) is 0 Å². The van der Waals surface area contributed by atoms with Crippen LogP contribution in [0.4, 0.5) is 20.2 Å². The van der Waals surface area contributed by atoms with E-state index >= 15 is 4.39 Å². The molecule has 0 saturated heterocycles. The summed E-state index contributed by atoms with van der Waals surface area (Å²) in [6, 6.07) is 1.38. The van der Waals surface area contributed by atoms with Gasteiger partial charge in [0.05, 0.1) is 18.4 Å². The molecule has 1 saturated carbocycles. The third kappa shape index (κ3) is 5.07. The monoisotopic (exact) mass is 494 g/mol. The van der Waals surface area contributed by atoms with Gasteiger partial charge < -0.3 is 26.3 Å². The van der Waals surface area contributed by atoms with E-state index in [0.29, 0.717) is 31.7 Å². The molecule has 1 fully saturated rings. The summed E-state index contributed by atoms with van der Waals surface area (Å²) in [5.41, 5.74) is 11.9. The number of ether oxygens (including phenoxy) is 2. The molecular weight excluding hydrogens is 466 g/mol. The average molecular weight is 495 g/mol. The molecular formula is C23H29ClF2N6O2. The molecule has 1 aliphatic carbocycles. The van der Waals surface area contributed by atoms with Gasteiger partial charge in [-0.2, -0.15) is 4.39 Å². The molecule has 1 aromatic heterocycles. The molecule has 184 valence electrons. The van der Waals surface area contributed by atoms with E-state index in [4.69, 9.17) is 38.0 Å². The third-order valence-corrected chi connectivity index (χ3v) is 5.86. The van der Waals surface area contributed by atoms with Gasteiger partial charge >= 0.3 is 0 Å². The van der Waals surface area contributed by atoms with Crippen LogP contribution in [0.3, 0.4) is 0 Å². The van der Waals surface area contributed by atoms with E-state index in [1.54, 1.807) is 0 Å². The Morgan fingerprint density at radius 2 is 2.06 bits per heavy atom. The molecule has 34 heavy (non-hydrogen) atoms. The molecule has 0 bridgehead atoms. The number of halogens is 3. The van der Waals surface area contributed by atoms with Gasteiger partial charge in [-0.15, -0.1) is 0 Å². The van der Waals surface area contributed by atoms with Crippen LogP contribution in [-0.2, 0) is 4.74 Å². The number of aliphatic imine (C=N–C) groups is 1. The minimum atomic E-state index is -1.32. The predicted octanol–water partition coefficient (Wildman–Crippen LogP) is 4.28. The number of pyridine rings is 1. The normalized spacial score (nSPS) is 13.8. The van der Waals surface area contributed by atoms with Crippen molar-refractivity contribution in [1.29, 1.82) is 5.41 Å². The van der Waals surface area contributed by atoms with Crippen LogP contribution in [0.1, 0.15) is 48.8 Å². The topological polar surface area (TPSA) is 132 Å². The zero-order chi connectivity index (χ0) is 25.0. The number of hydrogen-bond donors (Lipinski definition) is 4. The van der Waals surface area contributed by atoms with Crippen LogP contribution in [0.15, 0.2) is 11.1 Å². The van der Waals surface area contributed by atoms with Gasteiger partial charge in [0.1, 0.15) is 17.1 Å². The lowest BCUT2D eigenvalue weighted by atomic mass is 9.92. The van der Waals surface area contributed by atoms with Crippen molar-refractivity contribution in [3.05, 3.63) is 33.6 Å². The van der Waals surface area contributed by atoms with Crippen molar-refractivity contribution in [3.63, 3.8) is 0 Å². The van der Waals surface area contributed by atoms with E-state index in [1.807, 2.05) is 6.92 Å². The summed E-state index contributed by atoms with van der Waals surface area (Å²) in [6.07, 6.45) is 2.28. The first-order valence-electron chi connectivity index (χ1n) is 10.9. The lowest BCUT2D eigenvalue weighted by molar-refractivity contribution is 0.146. The third-order valence-electron chi connectivity index (χ3n) is 5.55. The van der Waals surface area contributed by atoms with Crippen LogP contribution in [0.2, 0.25) is 5.02 Å². The SMILES string of the molecule is CCOCCCNC(=NC)c1c(OC)nc(-c2c(C(=N)F)c(N)cc(Cl)c2C2CC2)c(F)c1N. The Kier molecular flexibility index (Phi) is 8.27. The Morgan fingerprint density at radius 1 is 1.35 bits per heavy atom. The maximum atomic E-state index is 15.8. The first kappa shape index (κ1) is 25.6. The lowest BCUT2D eigenvalue weighted by Gasteiger charge is -2.20. The summed E-state index contributed by atoms with van der Waals surface area (Å²) >= 11 is 6.43. The molecule has 1 aliphatic rings. The van der Waals surface area contributed by atoms with E-state index in [9.17, 15) is 4.39 Å². The minimum Gasteiger partial charge on any atom is -0.480 e. The van der Waals surface area contributed by atoms with Gasteiger partial charge in [-0.1, -0.05) is 11.6 Å². The molecule has 0 amide bonds. The molecule has 11 heteroatoms. The second-order valence-corrected chi connectivity index (χ2v) is 8.23. The van der Waals surface area contributed by atoms with Crippen molar-refractivity contribution in [2.24, 2.45) is 4.99 Å². The smallest absolute Gasteiger partial charge is 0.227 e. The van der Waals surface area contributed by atoms with Crippen molar-refractivity contribution >= 4 is 34.8 Å². The molecule has 0 atom stereocenters. The predicted molar refractivity (Wildman–Crippen MR) is 132 cm³/mol. The summed E-state index contributed by atoms with van der Waals surface area (Å²) in [6.45, 7) is 3.57. The summed E-state index contributed by atoms with van der Waals surface area (Å²) in [5.74, 6) is -1.97. The lowest BCUT2D eigenvalue weighted by Crippen LogP contribution is -2.28. The second-order valence-electron chi connectivity index (χ2n) is 7.82. The van der Waals surface area contributed by atoms with Crippen molar-refractivity contribution in [2.45, 2.75) is 32.1 Å². The molecule has 6 N–H and O–H groups in total. The number of nitrogens with one attached hydrogen (secondary N) is 2. The van der Waals surface area contributed by atoms with Crippen LogP contribution in [0, 0.1) is 11.2 Å². The first-order valence-corrected chi connectivity index (χ1v) is 11.3. The number of nitrogens with zero attached hydrogens (tertiary/aromatic N) is 2. The Bertz CT molecular complexity index is 1120. The van der Waals surface area contributed by atoms with Crippen LogP contribution in [-0.4, -0.2) is 50.7 Å². The number of nitrogen functional groups attached to an aromatic ring is 2. The summed E-state index contributed by atoms with van der Waals surface area (Å²) in [7, 11) is 2.89. The molecule has 1 aromatic carbocycles. The first-order chi connectivity index (χ1) is 16.3. The van der Waals surface area contributed by atoms with Crippen molar-refractivity contribution in [1.82, 2.24) is 10.3 Å². The minimum absolute atomic E-state index is 0.0107. The number of rotatable bonds is 10. The number of anilines is 2. The van der Waals surface area contributed by atoms with Crippen LogP contribution < -0.4 is 21.5 Å².